The maximum atomic E-state index is 12.9. The Morgan fingerprint density at radius 3 is 2.26 bits per heavy atom. The molecule has 0 aliphatic carbocycles. The highest BCUT2D eigenvalue weighted by Gasteiger charge is 2.45. The van der Waals surface area contributed by atoms with E-state index in [1.165, 1.54) is 6.07 Å². The van der Waals surface area contributed by atoms with Crippen molar-refractivity contribution in [2.45, 2.75) is 31.8 Å². The first kappa shape index (κ1) is 23.0. The third-order valence-electron chi connectivity index (χ3n) is 3.32. The Kier molecular flexibility index (Phi) is 7.49. The van der Waals surface area contributed by atoms with Crippen LogP contribution in [0.1, 0.15) is 28.4 Å². The Balaban J connectivity index is 3.34. The SMILES string of the molecule is [B]Cc1ccc(C(=O)OC(CS(=O)(=O)O)C(F)(F)F)c(C[B])c1NC(C)=O. The Bertz CT molecular complexity index is 829. The minimum atomic E-state index is -5.24. The lowest BCUT2D eigenvalue weighted by atomic mass is 9.86. The Labute approximate surface area is 156 Å². The molecule has 1 rings (SSSR count). The van der Waals surface area contributed by atoms with E-state index in [0.29, 0.717) is 5.56 Å². The van der Waals surface area contributed by atoms with Crippen LogP contribution >= 0.6 is 0 Å². The van der Waals surface area contributed by atoms with E-state index >= 15 is 0 Å². The number of ether oxygens (including phenoxy) is 1. The Morgan fingerprint density at radius 1 is 1.26 bits per heavy atom. The predicted molar refractivity (Wildman–Crippen MR) is 91.3 cm³/mol. The first-order chi connectivity index (χ1) is 12.3. The minimum Gasteiger partial charge on any atom is -0.448 e. The second kappa shape index (κ2) is 8.79. The van der Waals surface area contributed by atoms with Gasteiger partial charge >= 0.3 is 12.1 Å². The third kappa shape index (κ3) is 6.58. The number of carbonyl (C=O) groups is 2. The summed E-state index contributed by atoms with van der Waals surface area (Å²) < 4.78 is 73.2. The number of rotatable bonds is 7. The molecule has 0 spiro atoms. The summed E-state index contributed by atoms with van der Waals surface area (Å²) in [4.78, 5) is 23.6. The van der Waals surface area contributed by atoms with Crippen LogP contribution in [0, 0.1) is 0 Å². The van der Waals surface area contributed by atoms with Gasteiger partial charge in [0, 0.05) is 12.6 Å². The zero-order valence-corrected chi connectivity index (χ0v) is 14.9. The Morgan fingerprint density at radius 2 is 1.85 bits per heavy atom. The lowest BCUT2D eigenvalue weighted by Gasteiger charge is -2.22. The number of hydrogen-bond acceptors (Lipinski definition) is 5. The lowest BCUT2D eigenvalue weighted by molar-refractivity contribution is -0.197. The summed E-state index contributed by atoms with van der Waals surface area (Å²) >= 11 is 0. The number of halogens is 3. The van der Waals surface area contributed by atoms with Crippen molar-refractivity contribution in [2.24, 2.45) is 0 Å². The van der Waals surface area contributed by atoms with Gasteiger partial charge in [0.15, 0.2) is 0 Å². The molecular formula is C14H14B2F3NO6S. The van der Waals surface area contributed by atoms with E-state index < -0.39 is 45.6 Å². The van der Waals surface area contributed by atoms with Gasteiger partial charge in [-0.2, -0.15) is 21.6 Å². The fourth-order valence-corrected chi connectivity index (χ4v) is 2.82. The van der Waals surface area contributed by atoms with Gasteiger partial charge in [0.05, 0.1) is 21.3 Å². The molecule has 144 valence electrons. The monoisotopic (exact) mass is 403 g/mol. The maximum Gasteiger partial charge on any atom is 0.426 e. The van der Waals surface area contributed by atoms with Crippen LogP contribution in [0.4, 0.5) is 18.9 Å². The lowest BCUT2D eigenvalue weighted by Crippen LogP contribution is -2.39. The minimum absolute atomic E-state index is 0.0362. The molecule has 13 heteroatoms. The molecule has 1 unspecified atom stereocenters. The number of carbonyl (C=O) groups excluding carboxylic acids is 2. The van der Waals surface area contributed by atoms with Crippen LogP contribution in [0.25, 0.3) is 0 Å². The molecular weight excluding hydrogens is 389 g/mol. The summed E-state index contributed by atoms with van der Waals surface area (Å²) in [6, 6.07) is 2.38. The molecule has 7 nitrogen and oxygen atoms in total. The van der Waals surface area contributed by atoms with Gasteiger partial charge < -0.3 is 10.1 Å². The van der Waals surface area contributed by atoms with E-state index in [0.717, 1.165) is 13.0 Å². The fraction of sp³-hybridized carbons (Fsp3) is 0.429. The molecule has 0 fully saturated rings. The average Bonchev–Trinajstić information content (AvgIpc) is 2.51. The first-order valence-electron chi connectivity index (χ1n) is 7.35. The normalized spacial score (nSPS) is 13.1. The van der Waals surface area contributed by atoms with Crippen molar-refractivity contribution in [3.63, 3.8) is 0 Å². The van der Waals surface area contributed by atoms with E-state index in [1.54, 1.807) is 0 Å². The van der Waals surface area contributed by atoms with E-state index in [-0.39, 0.29) is 23.9 Å². The molecule has 27 heavy (non-hydrogen) atoms. The fourth-order valence-electron chi connectivity index (χ4n) is 2.18. The van der Waals surface area contributed by atoms with Crippen molar-refractivity contribution >= 4 is 43.4 Å². The van der Waals surface area contributed by atoms with Crippen molar-refractivity contribution in [1.82, 2.24) is 0 Å². The van der Waals surface area contributed by atoms with Crippen LogP contribution in [0.2, 0.25) is 0 Å². The van der Waals surface area contributed by atoms with Crippen LogP contribution in [0.3, 0.4) is 0 Å². The number of anilines is 1. The Hall–Kier alpha value is -2.01. The molecule has 4 radical (unpaired) electrons. The van der Waals surface area contributed by atoms with E-state index in [1.807, 2.05) is 0 Å². The van der Waals surface area contributed by atoms with Gasteiger partial charge in [0.25, 0.3) is 10.1 Å². The third-order valence-corrected chi connectivity index (χ3v) is 4.04. The largest absolute Gasteiger partial charge is 0.448 e. The topological polar surface area (TPSA) is 110 Å². The molecule has 0 bridgehead atoms. The summed E-state index contributed by atoms with van der Waals surface area (Å²) in [5.74, 6) is -3.93. The zero-order valence-electron chi connectivity index (χ0n) is 14.0. The van der Waals surface area contributed by atoms with Crippen molar-refractivity contribution in [3.05, 3.63) is 28.8 Å². The maximum absolute atomic E-state index is 12.9. The number of alkyl halides is 3. The standard InChI is InChI=1S/C14H14B2F3NO6S/c1-7(21)20-12-8(4-15)2-3-9(10(12)5-16)13(22)26-11(14(17,18)19)6-27(23,24)25/h2-3,11H,4-6H2,1H3,(H,20,21)(H,23,24,25). The van der Waals surface area contributed by atoms with Crippen LogP contribution in [0.15, 0.2) is 12.1 Å². The first-order valence-corrected chi connectivity index (χ1v) is 8.96. The smallest absolute Gasteiger partial charge is 0.426 e. The highest BCUT2D eigenvalue weighted by atomic mass is 32.2. The van der Waals surface area contributed by atoms with Crippen molar-refractivity contribution in [1.29, 1.82) is 0 Å². The molecule has 0 saturated carbocycles. The molecule has 0 aliphatic heterocycles. The van der Waals surface area contributed by atoms with Gasteiger partial charge in [-0.1, -0.05) is 18.7 Å². The molecule has 0 saturated heterocycles. The number of benzene rings is 1. The number of amides is 1. The van der Waals surface area contributed by atoms with Gasteiger partial charge in [0.1, 0.15) is 5.75 Å². The van der Waals surface area contributed by atoms with Crippen molar-refractivity contribution in [3.8, 4) is 0 Å². The second-order valence-electron chi connectivity index (χ2n) is 5.40. The van der Waals surface area contributed by atoms with Crippen LogP contribution in [-0.2, 0) is 32.3 Å². The van der Waals surface area contributed by atoms with E-state index in [4.69, 9.17) is 20.2 Å². The summed E-state index contributed by atoms with van der Waals surface area (Å²) in [6.07, 6.45) is -8.76. The molecule has 1 aromatic carbocycles. The van der Waals surface area contributed by atoms with Crippen LogP contribution in [0.5, 0.6) is 0 Å². The highest BCUT2D eigenvalue weighted by Crippen LogP contribution is 2.29. The molecule has 1 atom stereocenters. The molecule has 0 heterocycles. The van der Waals surface area contributed by atoms with Crippen molar-refractivity contribution in [2.75, 3.05) is 11.1 Å². The van der Waals surface area contributed by atoms with Gasteiger partial charge in [-0.3, -0.25) is 9.35 Å². The van der Waals surface area contributed by atoms with Gasteiger partial charge in [-0.05, 0) is 17.2 Å². The van der Waals surface area contributed by atoms with E-state index in [2.05, 4.69) is 10.1 Å². The molecule has 1 aromatic rings. The highest BCUT2D eigenvalue weighted by molar-refractivity contribution is 7.85. The van der Waals surface area contributed by atoms with Gasteiger partial charge in [-0.15, -0.1) is 0 Å². The number of hydrogen-bond donors (Lipinski definition) is 2. The predicted octanol–water partition coefficient (Wildman–Crippen LogP) is 0.958. The molecule has 0 aliphatic rings. The summed E-state index contributed by atoms with van der Waals surface area (Å²) in [6.45, 7) is 1.16. The zero-order chi connectivity index (χ0) is 21.0. The molecule has 1 amide bonds. The van der Waals surface area contributed by atoms with E-state index in [9.17, 15) is 31.2 Å². The van der Waals surface area contributed by atoms with Gasteiger partial charge in [0.2, 0.25) is 12.0 Å². The summed E-state index contributed by atoms with van der Waals surface area (Å²) in [7, 11) is 6.00. The van der Waals surface area contributed by atoms with Crippen LogP contribution < -0.4 is 5.32 Å². The number of esters is 1. The average molecular weight is 403 g/mol. The number of nitrogens with one attached hydrogen (secondary N) is 1. The summed E-state index contributed by atoms with van der Waals surface area (Å²) in [5.41, 5.74) is -0.0261. The van der Waals surface area contributed by atoms with Crippen molar-refractivity contribution < 1.29 is 40.5 Å². The quantitative estimate of drug-likeness (QED) is 0.399. The molecule has 2 N–H and O–H groups in total. The van der Waals surface area contributed by atoms with Crippen LogP contribution in [-0.4, -0.2) is 58.6 Å². The molecule has 0 aromatic heterocycles. The van der Waals surface area contributed by atoms with Gasteiger partial charge in [-0.25, -0.2) is 4.79 Å². The summed E-state index contributed by atoms with van der Waals surface area (Å²) in [5, 5.41) is 2.40. The second-order valence-corrected chi connectivity index (χ2v) is 6.90.